The Morgan fingerprint density at radius 3 is 2.88 bits per heavy atom. The van der Waals surface area contributed by atoms with E-state index < -0.39 is 6.04 Å². The molecule has 5 heteroatoms. The first-order valence-electron chi connectivity index (χ1n) is 9.15. The summed E-state index contributed by atoms with van der Waals surface area (Å²) in [6.45, 7) is 0.738. The van der Waals surface area contributed by atoms with Crippen LogP contribution in [0.1, 0.15) is 31.2 Å². The minimum Gasteiger partial charge on any atom is -0.493 e. The van der Waals surface area contributed by atoms with Gasteiger partial charge in [0.15, 0.2) is 0 Å². The van der Waals surface area contributed by atoms with Crippen LogP contribution in [0.25, 0.3) is 11.1 Å². The number of carbonyl (C=O) groups excluding carboxylic acids is 2. The van der Waals surface area contributed by atoms with Crippen molar-refractivity contribution in [2.75, 3.05) is 11.9 Å². The van der Waals surface area contributed by atoms with Gasteiger partial charge in [-0.25, -0.2) is 0 Å². The third-order valence-electron chi connectivity index (χ3n) is 4.95. The van der Waals surface area contributed by atoms with Crippen LogP contribution in [0.2, 0.25) is 0 Å². The van der Waals surface area contributed by atoms with E-state index in [-0.39, 0.29) is 11.8 Å². The lowest BCUT2D eigenvalue weighted by Crippen LogP contribution is -2.42. The van der Waals surface area contributed by atoms with Gasteiger partial charge in [0.2, 0.25) is 11.8 Å². The maximum absolute atomic E-state index is 12.5. The summed E-state index contributed by atoms with van der Waals surface area (Å²) in [4.78, 5) is 24.2. The molecule has 1 unspecified atom stereocenters. The van der Waals surface area contributed by atoms with Crippen molar-refractivity contribution in [3.05, 3.63) is 48.0 Å². The summed E-state index contributed by atoms with van der Waals surface area (Å²) < 4.78 is 5.56. The summed E-state index contributed by atoms with van der Waals surface area (Å²) in [5.74, 6) is 0.763. The summed E-state index contributed by atoms with van der Waals surface area (Å²) in [6, 6.07) is 13.5. The fourth-order valence-electron chi connectivity index (χ4n) is 3.54. The zero-order chi connectivity index (χ0) is 17.9. The summed E-state index contributed by atoms with van der Waals surface area (Å²) in [5.41, 5.74) is 4.11. The standard InChI is InChI=1S/C21H22N2O3/c24-20-7-2-1-6-18(23-20)21(25)22-17-5-3-4-14(13-17)15-8-9-19-16(12-15)10-11-26-19/h3-5,8-9,12-13,18H,1-2,6-7,10-11H2,(H,22,25)(H,23,24). The van der Waals surface area contributed by atoms with E-state index in [1.165, 1.54) is 5.56 Å². The number of hydrogen-bond acceptors (Lipinski definition) is 3. The molecule has 1 fully saturated rings. The van der Waals surface area contributed by atoms with Gasteiger partial charge in [-0.1, -0.05) is 24.6 Å². The molecule has 0 bridgehead atoms. The highest BCUT2D eigenvalue weighted by Crippen LogP contribution is 2.31. The van der Waals surface area contributed by atoms with Gasteiger partial charge in [0, 0.05) is 18.5 Å². The van der Waals surface area contributed by atoms with Crippen LogP contribution in [0, 0.1) is 0 Å². The molecule has 1 atom stereocenters. The molecule has 0 aromatic heterocycles. The molecule has 5 nitrogen and oxygen atoms in total. The maximum Gasteiger partial charge on any atom is 0.246 e. The number of nitrogens with one attached hydrogen (secondary N) is 2. The Bertz CT molecular complexity index is 847. The van der Waals surface area contributed by atoms with Crippen molar-refractivity contribution in [1.29, 1.82) is 0 Å². The van der Waals surface area contributed by atoms with Gasteiger partial charge in [-0.15, -0.1) is 0 Å². The Hall–Kier alpha value is -2.82. The quantitative estimate of drug-likeness (QED) is 0.893. The molecular weight excluding hydrogens is 328 g/mol. The van der Waals surface area contributed by atoms with Crippen LogP contribution in [-0.4, -0.2) is 24.5 Å². The van der Waals surface area contributed by atoms with Crippen LogP contribution < -0.4 is 15.4 Å². The largest absolute Gasteiger partial charge is 0.493 e. The first-order chi connectivity index (χ1) is 12.7. The van der Waals surface area contributed by atoms with Crippen molar-refractivity contribution >= 4 is 17.5 Å². The highest BCUT2D eigenvalue weighted by molar-refractivity contribution is 5.97. The van der Waals surface area contributed by atoms with Crippen LogP contribution in [0.4, 0.5) is 5.69 Å². The van der Waals surface area contributed by atoms with E-state index in [1.807, 2.05) is 36.4 Å². The number of hydrogen-bond donors (Lipinski definition) is 2. The summed E-state index contributed by atoms with van der Waals surface area (Å²) >= 11 is 0. The summed E-state index contributed by atoms with van der Waals surface area (Å²) in [5, 5.41) is 5.75. The first-order valence-corrected chi connectivity index (χ1v) is 9.15. The lowest BCUT2D eigenvalue weighted by molar-refractivity contribution is -0.125. The molecule has 2 aliphatic heterocycles. The number of amides is 2. The molecule has 2 aliphatic rings. The fourth-order valence-corrected chi connectivity index (χ4v) is 3.54. The molecule has 0 spiro atoms. The molecule has 2 N–H and O–H groups in total. The zero-order valence-electron chi connectivity index (χ0n) is 14.6. The summed E-state index contributed by atoms with van der Waals surface area (Å²) in [6.07, 6.45) is 3.84. The van der Waals surface area contributed by atoms with Gasteiger partial charge in [0.05, 0.1) is 6.61 Å². The molecule has 1 saturated heterocycles. The molecule has 2 aromatic carbocycles. The van der Waals surface area contributed by atoms with Gasteiger partial charge in [-0.2, -0.15) is 0 Å². The van der Waals surface area contributed by atoms with E-state index in [4.69, 9.17) is 4.74 Å². The molecule has 0 aliphatic carbocycles. The normalized spacial score (nSPS) is 19.1. The number of anilines is 1. The van der Waals surface area contributed by atoms with E-state index in [0.717, 1.165) is 48.4 Å². The Balaban J connectivity index is 1.50. The number of rotatable bonds is 3. The highest BCUT2D eigenvalue weighted by atomic mass is 16.5. The Labute approximate surface area is 152 Å². The highest BCUT2D eigenvalue weighted by Gasteiger charge is 2.23. The van der Waals surface area contributed by atoms with E-state index >= 15 is 0 Å². The topological polar surface area (TPSA) is 67.4 Å². The SMILES string of the molecule is O=C1CCCCC(C(=O)Nc2cccc(-c3ccc4c(c3)CCO4)c2)N1. The average molecular weight is 350 g/mol. The Morgan fingerprint density at radius 1 is 1.08 bits per heavy atom. The second kappa shape index (κ2) is 7.20. The molecule has 2 heterocycles. The lowest BCUT2D eigenvalue weighted by Gasteiger charge is -2.16. The van der Waals surface area contributed by atoms with Crippen molar-refractivity contribution in [3.63, 3.8) is 0 Å². The number of benzene rings is 2. The van der Waals surface area contributed by atoms with Gasteiger partial charge in [0.25, 0.3) is 0 Å². The minimum absolute atomic E-state index is 0.0447. The molecule has 26 heavy (non-hydrogen) atoms. The van der Waals surface area contributed by atoms with E-state index in [2.05, 4.69) is 16.7 Å². The minimum atomic E-state index is -0.453. The molecule has 4 rings (SSSR count). The smallest absolute Gasteiger partial charge is 0.246 e. The van der Waals surface area contributed by atoms with E-state index in [0.29, 0.717) is 12.8 Å². The van der Waals surface area contributed by atoms with Crippen LogP contribution >= 0.6 is 0 Å². The molecule has 134 valence electrons. The third-order valence-corrected chi connectivity index (χ3v) is 4.95. The van der Waals surface area contributed by atoms with Crippen molar-refractivity contribution in [2.45, 2.75) is 38.1 Å². The van der Waals surface area contributed by atoms with Crippen LogP contribution in [0.15, 0.2) is 42.5 Å². The fraction of sp³-hybridized carbons (Fsp3) is 0.333. The van der Waals surface area contributed by atoms with Crippen molar-refractivity contribution in [1.82, 2.24) is 5.32 Å². The van der Waals surface area contributed by atoms with Crippen molar-refractivity contribution < 1.29 is 14.3 Å². The zero-order valence-corrected chi connectivity index (χ0v) is 14.6. The Kier molecular flexibility index (Phi) is 4.61. The van der Waals surface area contributed by atoms with Gasteiger partial charge < -0.3 is 15.4 Å². The van der Waals surface area contributed by atoms with Gasteiger partial charge >= 0.3 is 0 Å². The van der Waals surface area contributed by atoms with Gasteiger partial charge in [-0.05, 0) is 53.8 Å². The number of carbonyl (C=O) groups is 2. The van der Waals surface area contributed by atoms with Crippen molar-refractivity contribution in [2.24, 2.45) is 0 Å². The lowest BCUT2D eigenvalue weighted by atomic mass is 10.0. The van der Waals surface area contributed by atoms with Gasteiger partial charge in [-0.3, -0.25) is 9.59 Å². The number of fused-ring (bicyclic) bond motifs is 1. The monoisotopic (exact) mass is 350 g/mol. The summed E-state index contributed by atoms with van der Waals surface area (Å²) in [7, 11) is 0. The van der Waals surface area contributed by atoms with Crippen LogP contribution in [0.5, 0.6) is 5.75 Å². The predicted octanol–water partition coefficient (Wildman–Crippen LogP) is 3.29. The van der Waals surface area contributed by atoms with Crippen LogP contribution in [0.3, 0.4) is 0 Å². The molecule has 2 amide bonds. The second-order valence-corrected chi connectivity index (χ2v) is 6.86. The molecule has 2 aromatic rings. The maximum atomic E-state index is 12.5. The second-order valence-electron chi connectivity index (χ2n) is 6.86. The molecular formula is C21H22N2O3. The van der Waals surface area contributed by atoms with Gasteiger partial charge in [0.1, 0.15) is 11.8 Å². The molecule has 0 radical (unpaired) electrons. The third kappa shape index (κ3) is 3.57. The van der Waals surface area contributed by atoms with E-state index in [1.54, 1.807) is 0 Å². The number of ether oxygens (including phenoxy) is 1. The average Bonchev–Trinajstić information content (AvgIpc) is 3.01. The van der Waals surface area contributed by atoms with Crippen molar-refractivity contribution in [3.8, 4) is 16.9 Å². The predicted molar refractivity (Wildman–Crippen MR) is 100 cm³/mol. The van der Waals surface area contributed by atoms with Crippen LogP contribution in [-0.2, 0) is 16.0 Å². The Morgan fingerprint density at radius 2 is 1.96 bits per heavy atom. The van der Waals surface area contributed by atoms with E-state index in [9.17, 15) is 9.59 Å². The first kappa shape index (κ1) is 16.6. The molecule has 0 saturated carbocycles.